The Labute approximate surface area is 132 Å². The third-order valence-electron chi connectivity index (χ3n) is 3.88. The average molecular weight is 303 g/mol. The van der Waals surface area contributed by atoms with Gasteiger partial charge in [0.05, 0.1) is 6.04 Å². The van der Waals surface area contributed by atoms with Gasteiger partial charge in [0.15, 0.2) is 5.78 Å². The maximum atomic E-state index is 12.8. The van der Waals surface area contributed by atoms with Gasteiger partial charge in [-0.25, -0.2) is 4.79 Å². The fourth-order valence-electron chi connectivity index (χ4n) is 2.87. The minimum atomic E-state index is -0.561. The van der Waals surface area contributed by atoms with E-state index in [1.165, 1.54) is 0 Å². The number of ether oxygens (including phenoxy) is 1. The number of ketones is 1. The van der Waals surface area contributed by atoms with Crippen LogP contribution >= 0.6 is 0 Å². The standard InChI is InChI=1S/C18H25NO3/c1-13-9-8-12-15(16(20)14-10-6-5-7-11-14)19(13)17(21)22-18(2,3)4/h5-7,10-11,13,15H,8-9,12H2,1-4H3/t13-,15-/m0/s1. The Hall–Kier alpha value is -1.84. The lowest BCUT2D eigenvalue weighted by molar-refractivity contribution is -0.00101. The molecule has 0 saturated carbocycles. The highest BCUT2D eigenvalue weighted by atomic mass is 16.6. The number of carbonyl (C=O) groups excluding carboxylic acids is 2. The van der Waals surface area contributed by atoms with Gasteiger partial charge >= 0.3 is 6.09 Å². The zero-order chi connectivity index (χ0) is 16.3. The summed E-state index contributed by atoms with van der Waals surface area (Å²) in [6.45, 7) is 7.50. The Morgan fingerprint density at radius 3 is 2.36 bits per heavy atom. The summed E-state index contributed by atoms with van der Waals surface area (Å²) < 4.78 is 5.50. The van der Waals surface area contributed by atoms with Gasteiger partial charge in [0, 0.05) is 11.6 Å². The summed E-state index contributed by atoms with van der Waals surface area (Å²) in [5, 5.41) is 0. The molecule has 0 aromatic heterocycles. The van der Waals surface area contributed by atoms with Crippen LogP contribution in [0.3, 0.4) is 0 Å². The van der Waals surface area contributed by atoms with Gasteiger partial charge in [-0.2, -0.15) is 0 Å². The molecule has 1 saturated heterocycles. The van der Waals surface area contributed by atoms with Gasteiger partial charge in [0.2, 0.25) is 0 Å². The number of piperidine rings is 1. The molecule has 120 valence electrons. The zero-order valence-corrected chi connectivity index (χ0v) is 13.8. The minimum Gasteiger partial charge on any atom is -0.444 e. The first-order chi connectivity index (χ1) is 10.3. The number of benzene rings is 1. The lowest BCUT2D eigenvalue weighted by atomic mass is 9.91. The van der Waals surface area contributed by atoms with Crippen LogP contribution in [0.15, 0.2) is 30.3 Å². The first-order valence-electron chi connectivity index (χ1n) is 7.90. The van der Waals surface area contributed by atoms with Crippen LogP contribution in [0.25, 0.3) is 0 Å². The van der Waals surface area contributed by atoms with Crippen molar-refractivity contribution >= 4 is 11.9 Å². The Kier molecular flexibility index (Phi) is 4.89. The largest absolute Gasteiger partial charge is 0.444 e. The molecule has 0 radical (unpaired) electrons. The summed E-state index contributed by atoms with van der Waals surface area (Å²) in [7, 11) is 0. The number of rotatable bonds is 2. The van der Waals surface area contributed by atoms with E-state index in [-0.39, 0.29) is 11.8 Å². The fraction of sp³-hybridized carbons (Fsp3) is 0.556. The topological polar surface area (TPSA) is 46.6 Å². The van der Waals surface area contributed by atoms with Gasteiger partial charge in [-0.05, 0) is 47.0 Å². The number of likely N-dealkylation sites (tertiary alicyclic amines) is 1. The zero-order valence-electron chi connectivity index (χ0n) is 13.8. The molecule has 1 aliphatic rings. The molecule has 0 spiro atoms. The van der Waals surface area contributed by atoms with Crippen LogP contribution in [0.5, 0.6) is 0 Å². The Morgan fingerprint density at radius 2 is 1.77 bits per heavy atom. The van der Waals surface area contributed by atoms with Crippen molar-refractivity contribution in [1.29, 1.82) is 0 Å². The normalized spacial score (nSPS) is 22.3. The molecule has 1 fully saturated rings. The summed E-state index contributed by atoms with van der Waals surface area (Å²) in [4.78, 5) is 26.9. The van der Waals surface area contributed by atoms with Crippen molar-refractivity contribution in [2.24, 2.45) is 0 Å². The highest BCUT2D eigenvalue weighted by Crippen LogP contribution is 2.27. The maximum absolute atomic E-state index is 12.8. The molecule has 1 heterocycles. The van der Waals surface area contributed by atoms with E-state index >= 15 is 0 Å². The average Bonchev–Trinajstić information content (AvgIpc) is 2.45. The van der Waals surface area contributed by atoms with E-state index in [0.717, 1.165) is 12.8 Å². The third-order valence-corrected chi connectivity index (χ3v) is 3.88. The second-order valence-corrected chi connectivity index (χ2v) is 6.91. The quantitative estimate of drug-likeness (QED) is 0.774. The van der Waals surface area contributed by atoms with Crippen molar-refractivity contribution in [2.45, 2.75) is 64.6 Å². The van der Waals surface area contributed by atoms with E-state index in [9.17, 15) is 9.59 Å². The van der Waals surface area contributed by atoms with Crippen LogP contribution in [0, 0.1) is 0 Å². The minimum absolute atomic E-state index is 0.00184. The Balaban J connectivity index is 2.23. The molecule has 1 aromatic rings. The molecule has 22 heavy (non-hydrogen) atoms. The van der Waals surface area contributed by atoms with Crippen LogP contribution in [0.1, 0.15) is 57.3 Å². The van der Waals surface area contributed by atoms with E-state index in [2.05, 4.69) is 0 Å². The van der Waals surface area contributed by atoms with Crippen molar-refractivity contribution < 1.29 is 14.3 Å². The van der Waals surface area contributed by atoms with E-state index in [0.29, 0.717) is 12.0 Å². The van der Waals surface area contributed by atoms with Gasteiger partial charge < -0.3 is 4.74 Å². The monoisotopic (exact) mass is 303 g/mol. The molecule has 1 aromatic carbocycles. The van der Waals surface area contributed by atoms with E-state index in [4.69, 9.17) is 4.74 Å². The van der Waals surface area contributed by atoms with Crippen molar-refractivity contribution in [3.63, 3.8) is 0 Å². The summed E-state index contributed by atoms with van der Waals surface area (Å²) in [6.07, 6.45) is 2.15. The second kappa shape index (κ2) is 6.51. The molecule has 0 aliphatic carbocycles. The molecule has 0 N–H and O–H groups in total. The van der Waals surface area contributed by atoms with Crippen molar-refractivity contribution in [3.05, 3.63) is 35.9 Å². The smallest absolute Gasteiger partial charge is 0.411 e. The molecule has 0 unspecified atom stereocenters. The van der Waals surface area contributed by atoms with Crippen LogP contribution < -0.4 is 0 Å². The Morgan fingerprint density at radius 1 is 1.14 bits per heavy atom. The Bertz CT molecular complexity index is 533. The van der Waals surface area contributed by atoms with Crippen molar-refractivity contribution in [3.8, 4) is 0 Å². The van der Waals surface area contributed by atoms with Crippen molar-refractivity contribution in [2.75, 3.05) is 0 Å². The van der Waals surface area contributed by atoms with Gasteiger partial charge in [-0.3, -0.25) is 9.69 Å². The molecule has 4 nitrogen and oxygen atoms in total. The molecule has 2 atom stereocenters. The fourth-order valence-corrected chi connectivity index (χ4v) is 2.87. The van der Waals surface area contributed by atoms with Crippen LogP contribution in [0.2, 0.25) is 0 Å². The van der Waals surface area contributed by atoms with Crippen molar-refractivity contribution in [1.82, 2.24) is 4.90 Å². The predicted octanol–water partition coefficient (Wildman–Crippen LogP) is 4.05. The van der Waals surface area contributed by atoms with Crippen LogP contribution in [-0.2, 0) is 4.74 Å². The maximum Gasteiger partial charge on any atom is 0.411 e. The first kappa shape index (κ1) is 16.5. The van der Waals surface area contributed by atoms with E-state index in [1.807, 2.05) is 45.9 Å². The molecule has 1 aliphatic heterocycles. The van der Waals surface area contributed by atoms with E-state index < -0.39 is 17.7 Å². The number of carbonyl (C=O) groups is 2. The highest BCUT2D eigenvalue weighted by Gasteiger charge is 2.38. The molecule has 0 bridgehead atoms. The second-order valence-electron chi connectivity index (χ2n) is 6.91. The number of nitrogens with zero attached hydrogens (tertiary/aromatic N) is 1. The molecule has 2 rings (SSSR count). The van der Waals surface area contributed by atoms with E-state index in [1.54, 1.807) is 17.0 Å². The van der Waals surface area contributed by atoms with Crippen LogP contribution in [-0.4, -0.2) is 34.5 Å². The number of hydrogen-bond donors (Lipinski definition) is 0. The lowest BCUT2D eigenvalue weighted by Crippen LogP contribution is -2.53. The number of amides is 1. The molecular formula is C18H25NO3. The van der Waals surface area contributed by atoms with Gasteiger partial charge in [-0.1, -0.05) is 30.3 Å². The third kappa shape index (κ3) is 3.87. The molecular weight excluding hydrogens is 278 g/mol. The summed E-state index contributed by atoms with van der Waals surface area (Å²) in [5.74, 6) is -0.00184. The number of Topliss-reactive ketones (excluding diaryl/α,β-unsaturated/α-hetero) is 1. The number of hydrogen-bond acceptors (Lipinski definition) is 3. The van der Waals surface area contributed by atoms with Crippen LogP contribution in [0.4, 0.5) is 4.79 Å². The molecule has 4 heteroatoms. The van der Waals surface area contributed by atoms with Gasteiger partial charge in [0.25, 0.3) is 0 Å². The van der Waals surface area contributed by atoms with Gasteiger partial charge in [-0.15, -0.1) is 0 Å². The lowest BCUT2D eigenvalue weighted by Gasteiger charge is -2.40. The SMILES string of the molecule is C[C@H]1CCC[C@@H](C(=O)c2ccccc2)N1C(=O)OC(C)(C)C. The van der Waals surface area contributed by atoms with Gasteiger partial charge in [0.1, 0.15) is 5.60 Å². The first-order valence-corrected chi connectivity index (χ1v) is 7.90. The highest BCUT2D eigenvalue weighted by molar-refractivity contribution is 6.01. The predicted molar refractivity (Wildman–Crippen MR) is 85.9 cm³/mol. The summed E-state index contributed by atoms with van der Waals surface area (Å²) in [6, 6.07) is 8.76. The molecule has 1 amide bonds. The summed E-state index contributed by atoms with van der Waals surface area (Å²) in [5.41, 5.74) is 0.0874. The summed E-state index contributed by atoms with van der Waals surface area (Å²) >= 11 is 0.